The molecule has 0 fully saturated rings. The summed E-state index contributed by atoms with van der Waals surface area (Å²) in [5.41, 5.74) is 1.98. The molecule has 0 aromatic heterocycles. The van der Waals surface area contributed by atoms with E-state index in [1.54, 1.807) is 0 Å². The Labute approximate surface area is 89.2 Å². The number of benzene rings is 1. The molecule has 0 bridgehead atoms. The molecule has 1 nitrogen and oxygen atoms in total. The Morgan fingerprint density at radius 3 is 2.67 bits per heavy atom. The molecule has 0 aliphatic carbocycles. The summed E-state index contributed by atoms with van der Waals surface area (Å²) in [6, 6.07) is 6.23. The molecule has 0 N–H and O–H groups in total. The van der Waals surface area contributed by atoms with Crippen LogP contribution >= 0.6 is 0 Å². The van der Waals surface area contributed by atoms with Crippen LogP contribution < -0.4 is 0 Å². The third-order valence-electron chi connectivity index (χ3n) is 2.07. The zero-order valence-corrected chi connectivity index (χ0v) is 8.79. The van der Waals surface area contributed by atoms with Crippen molar-refractivity contribution in [1.29, 1.82) is 5.26 Å². The molecule has 0 aliphatic rings. The summed E-state index contributed by atoms with van der Waals surface area (Å²) < 4.78 is 13.1. The van der Waals surface area contributed by atoms with Gasteiger partial charge in [-0.15, -0.1) is 0 Å². The van der Waals surface area contributed by atoms with Gasteiger partial charge in [-0.1, -0.05) is 18.2 Å². The predicted octanol–water partition coefficient (Wildman–Crippen LogP) is 3.68. The van der Waals surface area contributed by atoms with Crippen molar-refractivity contribution in [1.82, 2.24) is 0 Å². The molecule has 0 heterocycles. The zero-order chi connectivity index (χ0) is 11.3. The van der Waals surface area contributed by atoms with Crippen molar-refractivity contribution in [3.05, 3.63) is 53.4 Å². The SMILES string of the molecule is CC=CC(=CC)c1cc(F)ccc1C#N. The minimum atomic E-state index is -0.326. The molecule has 0 aliphatic heterocycles. The summed E-state index contributed by atoms with van der Waals surface area (Å²) >= 11 is 0. The van der Waals surface area contributed by atoms with E-state index in [0.717, 1.165) is 5.57 Å². The van der Waals surface area contributed by atoms with E-state index in [1.165, 1.54) is 18.2 Å². The first kappa shape index (κ1) is 11.2. The Morgan fingerprint density at radius 2 is 2.13 bits per heavy atom. The Bertz CT molecular complexity index is 450. The fourth-order valence-corrected chi connectivity index (χ4v) is 1.37. The standard InChI is InChI=1S/C13H12FN/c1-3-5-10(4-2)13-8-12(14)7-6-11(13)9-15/h3-8H,1-2H3. The summed E-state index contributed by atoms with van der Waals surface area (Å²) in [5, 5.41) is 8.90. The first-order chi connectivity index (χ1) is 7.22. The van der Waals surface area contributed by atoms with Crippen molar-refractivity contribution in [2.45, 2.75) is 13.8 Å². The fraction of sp³-hybridized carbons (Fsp3) is 0.154. The summed E-state index contributed by atoms with van der Waals surface area (Å²) in [5.74, 6) is -0.326. The van der Waals surface area contributed by atoms with Gasteiger partial charge in [0.15, 0.2) is 0 Å². The van der Waals surface area contributed by atoms with Crippen LogP contribution in [0.4, 0.5) is 4.39 Å². The van der Waals surface area contributed by atoms with Crippen LogP contribution in [0, 0.1) is 17.1 Å². The Kier molecular flexibility index (Phi) is 3.82. The second-order valence-corrected chi connectivity index (χ2v) is 3.05. The number of hydrogen-bond donors (Lipinski definition) is 0. The Hall–Kier alpha value is -1.88. The number of nitriles is 1. The molecule has 0 saturated carbocycles. The Balaban J connectivity index is 3.35. The van der Waals surface area contributed by atoms with Crippen molar-refractivity contribution in [2.75, 3.05) is 0 Å². The highest BCUT2D eigenvalue weighted by atomic mass is 19.1. The van der Waals surface area contributed by atoms with E-state index in [9.17, 15) is 4.39 Å². The van der Waals surface area contributed by atoms with E-state index in [0.29, 0.717) is 11.1 Å². The second kappa shape index (κ2) is 5.11. The van der Waals surface area contributed by atoms with Gasteiger partial charge in [0, 0.05) is 5.56 Å². The molecule has 15 heavy (non-hydrogen) atoms. The molecule has 0 radical (unpaired) electrons. The highest BCUT2D eigenvalue weighted by Crippen LogP contribution is 2.21. The molecule has 2 heteroatoms. The quantitative estimate of drug-likeness (QED) is 0.669. The third-order valence-corrected chi connectivity index (χ3v) is 2.07. The molecule has 0 unspecified atom stereocenters. The molecule has 0 atom stereocenters. The zero-order valence-electron chi connectivity index (χ0n) is 8.79. The van der Waals surface area contributed by atoms with Crippen LogP contribution in [0.1, 0.15) is 25.0 Å². The van der Waals surface area contributed by atoms with Crippen LogP contribution in [0.2, 0.25) is 0 Å². The van der Waals surface area contributed by atoms with E-state index >= 15 is 0 Å². The molecule has 0 amide bonds. The van der Waals surface area contributed by atoms with Crippen LogP contribution in [0.5, 0.6) is 0 Å². The van der Waals surface area contributed by atoms with Crippen molar-refractivity contribution in [2.24, 2.45) is 0 Å². The number of rotatable bonds is 2. The lowest BCUT2D eigenvalue weighted by Crippen LogP contribution is -1.89. The lowest BCUT2D eigenvalue weighted by Gasteiger charge is -2.04. The maximum atomic E-state index is 13.1. The van der Waals surface area contributed by atoms with Gasteiger partial charge in [-0.3, -0.25) is 0 Å². The van der Waals surface area contributed by atoms with Gasteiger partial charge in [0.25, 0.3) is 0 Å². The first-order valence-electron chi connectivity index (χ1n) is 4.72. The number of halogens is 1. The van der Waals surface area contributed by atoms with Crippen molar-refractivity contribution in [3.63, 3.8) is 0 Å². The van der Waals surface area contributed by atoms with Gasteiger partial charge >= 0.3 is 0 Å². The van der Waals surface area contributed by atoms with Crippen LogP contribution in [-0.4, -0.2) is 0 Å². The third kappa shape index (κ3) is 2.54. The molecule has 1 aromatic rings. The maximum Gasteiger partial charge on any atom is 0.123 e. The minimum Gasteiger partial charge on any atom is -0.207 e. The Morgan fingerprint density at radius 1 is 1.40 bits per heavy atom. The molecule has 0 saturated heterocycles. The molecular formula is C13H12FN. The van der Waals surface area contributed by atoms with Gasteiger partial charge in [-0.25, -0.2) is 4.39 Å². The normalized spacial score (nSPS) is 11.7. The molecule has 76 valence electrons. The highest BCUT2D eigenvalue weighted by molar-refractivity contribution is 5.77. The lowest BCUT2D eigenvalue weighted by molar-refractivity contribution is 0.627. The molecular weight excluding hydrogens is 189 g/mol. The summed E-state index contributed by atoms with van der Waals surface area (Å²) in [4.78, 5) is 0. The van der Waals surface area contributed by atoms with Crippen LogP contribution in [-0.2, 0) is 0 Å². The van der Waals surface area contributed by atoms with Gasteiger partial charge in [0.1, 0.15) is 5.82 Å². The van der Waals surface area contributed by atoms with Crippen LogP contribution in [0.25, 0.3) is 5.57 Å². The summed E-state index contributed by atoms with van der Waals surface area (Å²) in [6.07, 6.45) is 5.58. The summed E-state index contributed by atoms with van der Waals surface area (Å²) in [7, 11) is 0. The number of nitrogens with zero attached hydrogens (tertiary/aromatic N) is 1. The van der Waals surface area contributed by atoms with E-state index in [1.807, 2.05) is 32.1 Å². The average Bonchev–Trinajstić information content (AvgIpc) is 2.26. The predicted molar refractivity (Wildman–Crippen MR) is 59.6 cm³/mol. The van der Waals surface area contributed by atoms with Crippen molar-refractivity contribution in [3.8, 4) is 6.07 Å². The number of hydrogen-bond acceptors (Lipinski definition) is 1. The monoisotopic (exact) mass is 201 g/mol. The second-order valence-electron chi connectivity index (χ2n) is 3.05. The van der Waals surface area contributed by atoms with Gasteiger partial charge in [0.2, 0.25) is 0 Å². The van der Waals surface area contributed by atoms with Crippen molar-refractivity contribution < 1.29 is 4.39 Å². The molecule has 0 spiro atoms. The van der Waals surface area contributed by atoms with Gasteiger partial charge in [-0.2, -0.15) is 5.26 Å². The lowest BCUT2D eigenvalue weighted by atomic mass is 9.99. The number of allylic oxidation sites excluding steroid dienone is 4. The van der Waals surface area contributed by atoms with Gasteiger partial charge in [-0.05, 0) is 37.6 Å². The molecule has 1 aromatic carbocycles. The van der Waals surface area contributed by atoms with Crippen molar-refractivity contribution >= 4 is 5.57 Å². The van der Waals surface area contributed by atoms with E-state index < -0.39 is 0 Å². The highest BCUT2D eigenvalue weighted by Gasteiger charge is 2.05. The fourth-order valence-electron chi connectivity index (χ4n) is 1.37. The van der Waals surface area contributed by atoms with Crippen LogP contribution in [0.3, 0.4) is 0 Å². The average molecular weight is 201 g/mol. The maximum absolute atomic E-state index is 13.1. The topological polar surface area (TPSA) is 23.8 Å². The van der Waals surface area contributed by atoms with Gasteiger partial charge in [0.05, 0.1) is 11.6 Å². The molecule has 1 rings (SSSR count). The smallest absolute Gasteiger partial charge is 0.123 e. The van der Waals surface area contributed by atoms with Gasteiger partial charge < -0.3 is 0 Å². The first-order valence-corrected chi connectivity index (χ1v) is 4.72. The van der Waals surface area contributed by atoms with E-state index in [-0.39, 0.29) is 5.82 Å². The van der Waals surface area contributed by atoms with E-state index in [4.69, 9.17) is 5.26 Å². The summed E-state index contributed by atoms with van der Waals surface area (Å²) in [6.45, 7) is 3.75. The minimum absolute atomic E-state index is 0.326. The van der Waals surface area contributed by atoms with E-state index in [2.05, 4.69) is 6.07 Å². The van der Waals surface area contributed by atoms with Crippen LogP contribution in [0.15, 0.2) is 36.4 Å². The largest absolute Gasteiger partial charge is 0.207 e.